The van der Waals surface area contributed by atoms with E-state index in [0.717, 1.165) is 19.4 Å². The maximum atomic E-state index is 11.3. The van der Waals surface area contributed by atoms with Crippen LogP contribution in [0, 0.1) is 0 Å². The van der Waals surface area contributed by atoms with Crippen molar-refractivity contribution in [3.8, 4) is 0 Å². The predicted octanol–water partition coefficient (Wildman–Crippen LogP) is -0.446. The lowest BCUT2D eigenvalue weighted by Gasteiger charge is -2.27. The third kappa shape index (κ3) is 4.93. The molecule has 6 nitrogen and oxygen atoms in total. The second kappa shape index (κ2) is 7.08. The highest BCUT2D eigenvalue weighted by Crippen LogP contribution is 2.23. The minimum atomic E-state index is -1.32. The molecule has 1 fully saturated rings. The second-order valence-electron chi connectivity index (χ2n) is 5.19. The normalized spacial score (nSPS) is 22.7. The van der Waals surface area contributed by atoms with Gasteiger partial charge in [-0.15, -0.1) is 0 Å². The number of nitrogens with two attached hydrogens (primary N) is 1. The molecule has 1 heterocycles. The van der Waals surface area contributed by atoms with E-state index in [-0.39, 0.29) is 12.4 Å². The number of aliphatic carboxylic acids is 1. The van der Waals surface area contributed by atoms with Crippen LogP contribution in [0.3, 0.4) is 0 Å². The summed E-state index contributed by atoms with van der Waals surface area (Å²) in [5.74, 6) is -0.972. The number of nitrogens with one attached hydrogen (secondary N) is 1. The first kappa shape index (κ1) is 15.4. The Morgan fingerprint density at radius 3 is 2.67 bits per heavy atom. The van der Waals surface area contributed by atoms with E-state index in [2.05, 4.69) is 5.32 Å². The smallest absolute Gasteiger partial charge is 0.451 e. The summed E-state index contributed by atoms with van der Waals surface area (Å²) in [6.07, 6.45) is 4.27. The van der Waals surface area contributed by atoms with Crippen molar-refractivity contribution < 1.29 is 19.9 Å². The number of unbranched alkanes of at least 4 members (excludes halogenated alkanes) is 1. The molecule has 18 heavy (non-hydrogen) atoms. The summed E-state index contributed by atoms with van der Waals surface area (Å²) in [7, 11) is -1.32. The molecular formula is C11H23BN2O4. The van der Waals surface area contributed by atoms with Crippen LogP contribution in [0.1, 0.15) is 38.5 Å². The Morgan fingerprint density at radius 1 is 1.44 bits per heavy atom. The number of carboxylic acid groups (broad SMARTS) is 1. The standard InChI is InChI=1S/C11H23BN2O4/c13-11(10(15)16,5-1-2-6-12(17)18)8-9-4-3-7-14-9/h9,14,17-18H,1-8,13H2,(H,15,16)/t9-,11-/m1/s1. The SMILES string of the molecule is N[C@](CCCCB(O)O)(C[C@H]1CCCN1)C(=O)O. The fourth-order valence-corrected chi connectivity index (χ4v) is 2.43. The lowest BCUT2D eigenvalue weighted by molar-refractivity contribution is -0.144. The van der Waals surface area contributed by atoms with Gasteiger partial charge in [0.15, 0.2) is 0 Å². The molecule has 0 spiro atoms. The molecule has 0 unspecified atom stereocenters. The lowest BCUT2D eigenvalue weighted by Crippen LogP contribution is -2.51. The van der Waals surface area contributed by atoms with Crippen LogP contribution in [0.5, 0.6) is 0 Å². The molecule has 1 saturated heterocycles. The fraction of sp³-hybridized carbons (Fsp3) is 0.909. The monoisotopic (exact) mass is 258 g/mol. The van der Waals surface area contributed by atoms with Crippen LogP contribution in [0.4, 0.5) is 0 Å². The van der Waals surface area contributed by atoms with Gasteiger partial charge < -0.3 is 26.2 Å². The summed E-state index contributed by atoms with van der Waals surface area (Å²) >= 11 is 0. The van der Waals surface area contributed by atoms with E-state index in [1.165, 1.54) is 0 Å². The van der Waals surface area contributed by atoms with Gasteiger partial charge in [0.1, 0.15) is 5.54 Å². The first-order valence-corrected chi connectivity index (χ1v) is 6.56. The fourth-order valence-electron chi connectivity index (χ4n) is 2.43. The van der Waals surface area contributed by atoms with Gasteiger partial charge in [-0.3, -0.25) is 4.79 Å². The summed E-state index contributed by atoms with van der Waals surface area (Å²) in [4.78, 5) is 11.3. The topological polar surface area (TPSA) is 116 Å². The zero-order chi connectivity index (χ0) is 13.6. The van der Waals surface area contributed by atoms with Crippen molar-refractivity contribution in [3.63, 3.8) is 0 Å². The lowest BCUT2D eigenvalue weighted by atomic mass is 9.80. The maximum Gasteiger partial charge on any atom is 0.451 e. The Morgan fingerprint density at radius 2 is 2.17 bits per heavy atom. The predicted molar refractivity (Wildman–Crippen MR) is 69.0 cm³/mol. The van der Waals surface area contributed by atoms with Gasteiger partial charge in [0.2, 0.25) is 0 Å². The van der Waals surface area contributed by atoms with Crippen LogP contribution in [-0.2, 0) is 4.79 Å². The molecule has 1 rings (SSSR count). The van der Waals surface area contributed by atoms with Gasteiger partial charge in [-0.05, 0) is 38.5 Å². The van der Waals surface area contributed by atoms with Crippen LogP contribution >= 0.6 is 0 Å². The van der Waals surface area contributed by atoms with Crippen LogP contribution in [0.25, 0.3) is 0 Å². The molecule has 0 saturated carbocycles. The average molecular weight is 258 g/mol. The second-order valence-corrected chi connectivity index (χ2v) is 5.19. The van der Waals surface area contributed by atoms with E-state index >= 15 is 0 Å². The van der Waals surface area contributed by atoms with E-state index in [0.29, 0.717) is 25.7 Å². The molecule has 1 aliphatic heterocycles. The third-order valence-electron chi connectivity index (χ3n) is 3.53. The van der Waals surface area contributed by atoms with Crippen molar-refractivity contribution >= 4 is 13.1 Å². The van der Waals surface area contributed by atoms with Crippen molar-refractivity contribution in [2.24, 2.45) is 5.73 Å². The Hall–Kier alpha value is -0.625. The molecule has 0 aromatic heterocycles. The van der Waals surface area contributed by atoms with Gasteiger partial charge in [-0.25, -0.2) is 0 Å². The molecule has 0 aromatic rings. The molecule has 6 N–H and O–H groups in total. The van der Waals surface area contributed by atoms with Crippen molar-refractivity contribution in [2.45, 2.75) is 56.4 Å². The number of hydrogen-bond donors (Lipinski definition) is 5. The first-order valence-electron chi connectivity index (χ1n) is 6.56. The largest absolute Gasteiger partial charge is 0.480 e. The minimum absolute atomic E-state index is 0.189. The Balaban J connectivity index is 2.38. The molecule has 104 valence electrons. The van der Waals surface area contributed by atoms with Gasteiger partial charge in [0.05, 0.1) is 0 Å². The summed E-state index contributed by atoms with van der Waals surface area (Å²) in [6.45, 7) is 0.928. The highest BCUT2D eigenvalue weighted by atomic mass is 16.4. The van der Waals surface area contributed by atoms with Gasteiger partial charge in [-0.2, -0.15) is 0 Å². The van der Waals surface area contributed by atoms with E-state index in [9.17, 15) is 9.90 Å². The van der Waals surface area contributed by atoms with Crippen molar-refractivity contribution in [3.05, 3.63) is 0 Å². The molecular weight excluding hydrogens is 235 g/mol. The van der Waals surface area contributed by atoms with E-state index in [1.54, 1.807) is 0 Å². The third-order valence-corrected chi connectivity index (χ3v) is 3.53. The van der Waals surface area contributed by atoms with Crippen molar-refractivity contribution in [1.29, 1.82) is 0 Å². The molecule has 2 atom stereocenters. The first-order chi connectivity index (χ1) is 8.44. The molecule has 0 radical (unpaired) electrons. The molecule has 0 amide bonds. The van der Waals surface area contributed by atoms with Gasteiger partial charge in [-0.1, -0.05) is 12.8 Å². The van der Waals surface area contributed by atoms with Crippen molar-refractivity contribution in [1.82, 2.24) is 5.32 Å². The maximum absolute atomic E-state index is 11.3. The van der Waals surface area contributed by atoms with E-state index < -0.39 is 18.6 Å². The highest BCUT2D eigenvalue weighted by Gasteiger charge is 2.36. The van der Waals surface area contributed by atoms with E-state index in [4.69, 9.17) is 15.8 Å². The van der Waals surface area contributed by atoms with E-state index in [1.807, 2.05) is 0 Å². The van der Waals surface area contributed by atoms with Gasteiger partial charge >= 0.3 is 13.1 Å². The molecule has 0 aromatic carbocycles. The average Bonchev–Trinajstić information content (AvgIpc) is 2.76. The molecule has 1 aliphatic rings. The molecule has 0 bridgehead atoms. The summed E-state index contributed by atoms with van der Waals surface area (Å²) < 4.78 is 0. The number of carboxylic acids is 1. The number of rotatable bonds is 8. The molecule has 0 aliphatic carbocycles. The highest BCUT2D eigenvalue weighted by molar-refractivity contribution is 6.40. The zero-order valence-electron chi connectivity index (χ0n) is 10.6. The van der Waals surface area contributed by atoms with Crippen LogP contribution in [0.2, 0.25) is 6.32 Å². The molecule has 7 heteroatoms. The van der Waals surface area contributed by atoms with Gasteiger partial charge in [0.25, 0.3) is 0 Å². The summed E-state index contributed by atoms with van der Waals surface area (Å²) in [5.41, 5.74) is 4.77. The quantitative estimate of drug-likeness (QED) is 0.297. The van der Waals surface area contributed by atoms with Crippen LogP contribution in [-0.4, -0.2) is 46.4 Å². The Labute approximate surface area is 108 Å². The number of hydrogen-bond acceptors (Lipinski definition) is 5. The zero-order valence-corrected chi connectivity index (χ0v) is 10.6. The van der Waals surface area contributed by atoms with Crippen molar-refractivity contribution in [2.75, 3.05) is 6.54 Å². The summed E-state index contributed by atoms with van der Waals surface area (Å²) in [5, 5.41) is 29.9. The Kier molecular flexibility index (Phi) is 6.07. The number of carbonyl (C=O) groups is 1. The van der Waals surface area contributed by atoms with Crippen LogP contribution < -0.4 is 11.1 Å². The Bertz CT molecular complexity index is 272. The minimum Gasteiger partial charge on any atom is -0.480 e. The van der Waals surface area contributed by atoms with Gasteiger partial charge in [0, 0.05) is 6.04 Å². The van der Waals surface area contributed by atoms with Crippen LogP contribution in [0.15, 0.2) is 0 Å². The summed E-state index contributed by atoms with van der Waals surface area (Å²) in [6, 6.07) is 0.189.